The fraction of sp³-hybridized carbons (Fsp3) is 0.188. The van der Waals surface area contributed by atoms with Gasteiger partial charge in [0, 0.05) is 11.8 Å². The molecule has 0 aliphatic carbocycles. The van der Waals surface area contributed by atoms with Crippen molar-refractivity contribution in [3.8, 4) is 5.75 Å². The summed E-state index contributed by atoms with van der Waals surface area (Å²) in [5, 5.41) is 11.6. The third-order valence-corrected chi connectivity index (χ3v) is 2.81. The van der Waals surface area contributed by atoms with Gasteiger partial charge in [0.1, 0.15) is 11.6 Å². The van der Waals surface area contributed by atoms with Gasteiger partial charge in [-0.1, -0.05) is 18.2 Å². The molecule has 0 unspecified atom stereocenters. The van der Waals surface area contributed by atoms with Gasteiger partial charge in [0.25, 0.3) is 0 Å². The van der Waals surface area contributed by atoms with Crippen molar-refractivity contribution in [1.82, 2.24) is 0 Å². The van der Waals surface area contributed by atoms with E-state index in [1.54, 1.807) is 36.4 Å². The van der Waals surface area contributed by atoms with Crippen molar-refractivity contribution in [2.45, 2.75) is 13.0 Å². The maximum atomic E-state index is 12.9. The molecule has 5 heteroatoms. The molecule has 0 aromatic heterocycles. The number of hydrogen-bond donors (Lipinski definition) is 2. The number of carbonyl (C=O) groups excluding carboxylic acids is 1. The second kappa shape index (κ2) is 7.40. The van der Waals surface area contributed by atoms with E-state index in [2.05, 4.69) is 5.32 Å². The second-order valence-corrected chi connectivity index (χ2v) is 4.46. The quantitative estimate of drug-likeness (QED) is 0.859. The predicted molar refractivity (Wildman–Crippen MR) is 77.5 cm³/mol. The van der Waals surface area contributed by atoms with E-state index in [1.807, 2.05) is 0 Å². The van der Waals surface area contributed by atoms with Crippen LogP contribution in [0, 0.1) is 5.82 Å². The first-order valence-electron chi connectivity index (χ1n) is 6.55. The number of aliphatic hydroxyl groups excluding tert-OH is 1. The molecule has 0 saturated heterocycles. The molecule has 2 rings (SSSR count). The van der Waals surface area contributed by atoms with E-state index in [4.69, 9.17) is 9.84 Å². The van der Waals surface area contributed by atoms with Crippen LogP contribution in [0.2, 0.25) is 0 Å². The smallest absolute Gasteiger partial charge is 0.227 e. The summed E-state index contributed by atoms with van der Waals surface area (Å²) in [6.07, 6.45) is 0.165. The molecular weight excluding hydrogens is 273 g/mol. The maximum absolute atomic E-state index is 12.9. The molecule has 21 heavy (non-hydrogen) atoms. The van der Waals surface area contributed by atoms with Crippen molar-refractivity contribution in [3.05, 3.63) is 59.9 Å². The van der Waals surface area contributed by atoms with Crippen LogP contribution in [-0.4, -0.2) is 17.6 Å². The number of nitrogens with one attached hydrogen (secondary N) is 1. The zero-order valence-electron chi connectivity index (χ0n) is 11.4. The largest absolute Gasteiger partial charge is 0.493 e. The summed E-state index contributed by atoms with van der Waals surface area (Å²) in [6, 6.07) is 12.7. The highest BCUT2D eigenvalue weighted by atomic mass is 19.1. The lowest BCUT2D eigenvalue weighted by Gasteiger charge is -2.08. The number of benzene rings is 2. The molecule has 0 aliphatic heterocycles. The van der Waals surface area contributed by atoms with Gasteiger partial charge >= 0.3 is 0 Å². The van der Waals surface area contributed by atoms with Gasteiger partial charge < -0.3 is 15.2 Å². The summed E-state index contributed by atoms with van der Waals surface area (Å²) in [5.41, 5.74) is 1.44. The Bertz CT molecular complexity index is 599. The Morgan fingerprint density at radius 2 is 1.95 bits per heavy atom. The van der Waals surface area contributed by atoms with E-state index in [1.165, 1.54) is 12.1 Å². The number of hydrogen-bond acceptors (Lipinski definition) is 3. The van der Waals surface area contributed by atoms with Crippen LogP contribution in [0.25, 0.3) is 0 Å². The highest BCUT2D eigenvalue weighted by Gasteiger charge is 2.03. The molecule has 2 N–H and O–H groups in total. The summed E-state index contributed by atoms with van der Waals surface area (Å²) < 4.78 is 18.2. The van der Waals surface area contributed by atoms with Crippen molar-refractivity contribution in [1.29, 1.82) is 0 Å². The molecule has 4 nitrogen and oxygen atoms in total. The first-order valence-corrected chi connectivity index (χ1v) is 6.55. The van der Waals surface area contributed by atoms with Crippen LogP contribution in [0.15, 0.2) is 48.5 Å². The fourth-order valence-electron chi connectivity index (χ4n) is 1.74. The number of amides is 1. The number of anilines is 1. The van der Waals surface area contributed by atoms with Gasteiger partial charge in [0.2, 0.25) is 5.91 Å². The number of ether oxygens (including phenoxy) is 1. The molecule has 0 saturated carbocycles. The van der Waals surface area contributed by atoms with Gasteiger partial charge in [-0.05, 0) is 29.8 Å². The van der Waals surface area contributed by atoms with Crippen LogP contribution in [0.4, 0.5) is 10.1 Å². The average molecular weight is 289 g/mol. The lowest BCUT2D eigenvalue weighted by Crippen LogP contribution is -2.15. The summed E-state index contributed by atoms with van der Waals surface area (Å²) in [6.45, 7) is 0.139. The third-order valence-electron chi connectivity index (χ3n) is 2.81. The Labute approximate surface area is 122 Å². The van der Waals surface area contributed by atoms with Gasteiger partial charge in [-0.15, -0.1) is 0 Å². The first kappa shape index (κ1) is 15.0. The van der Waals surface area contributed by atoms with Crippen LogP contribution >= 0.6 is 0 Å². The highest BCUT2D eigenvalue weighted by Crippen LogP contribution is 2.13. The van der Waals surface area contributed by atoms with Crippen molar-refractivity contribution in [2.24, 2.45) is 0 Å². The summed E-state index contributed by atoms with van der Waals surface area (Å²) in [4.78, 5) is 11.7. The molecule has 0 fully saturated rings. The van der Waals surface area contributed by atoms with Crippen LogP contribution < -0.4 is 10.1 Å². The van der Waals surface area contributed by atoms with E-state index in [9.17, 15) is 9.18 Å². The molecular formula is C16H16FNO3. The fourth-order valence-corrected chi connectivity index (χ4v) is 1.74. The van der Waals surface area contributed by atoms with E-state index >= 15 is 0 Å². The average Bonchev–Trinajstić information content (AvgIpc) is 2.48. The van der Waals surface area contributed by atoms with E-state index in [0.717, 1.165) is 5.56 Å². The van der Waals surface area contributed by atoms with Gasteiger partial charge in [0.05, 0.1) is 19.6 Å². The van der Waals surface area contributed by atoms with Crippen molar-refractivity contribution >= 4 is 11.6 Å². The molecule has 2 aromatic carbocycles. The molecule has 0 radical (unpaired) electrons. The van der Waals surface area contributed by atoms with Crippen molar-refractivity contribution in [3.63, 3.8) is 0 Å². The van der Waals surface area contributed by atoms with Crippen LogP contribution in [0.1, 0.15) is 12.0 Å². The van der Waals surface area contributed by atoms with Crippen molar-refractivity contribution in [2.75, 3.05) is 11.9 Å². The molecule has 0 bridgehead atoms. The van der Waals surface area contributed by atoms with E-state index in [0.29, 0.717) is 11.4 Å². The second-order valence-electron chi connectivity index (χ2n) is 4.46. The number of aliphatic hydroxyl groups is 1. The minimum Gasteiger partial charge on any atom is -0.493 e. The highest BCUT2D eigenvalue weighted by molar-refractivity contribution is 5.90. The van der Waals surface area contributed by atoms with Crippen LogP contribution in [0.3, 0.4) is 0 Å². The molecule has 1 amide bonds. The number of carbonyl (C=O) groups is 1. The molecule has 2 aromatic rings. The molecule has 0 spiro atoms. The Kier molecular flexibility index (Phi) is 5.29. The Morgan fingerprint density at radius 3 is 2.62 bits per heavy atom. The predicted octanol–water partition coefficient (Wildman–Crippen LogP) is 2.73. The number of rotatable bonds is 6. The summed E-state index contributed by atoms with van der Waals surface area (Å²) >= 11 is 0. The van der Waals surface area contributed by atoms with E-state index < -0.39 is 0 Å². The SMILES string of the molecule is O=C(CCOc1cccc(F)c1)Nc1ccc(CO)cc1. The minimum atomic E-state index is -0.374. The summed E-state index contributed by atoms with van der Waals surface area (Å²) in [5.74, 6) is -0.167. The zero-order chi connectivity index (χ0) is 15.1. The van der Waals surface area contributed by atoms with Crippen molar-refractivity contribution < 1.29 is 19.0 Å². The zero-order valence-corrected chi connectivity index (χ0v) is 11.4. The topological polar surface area (TPSA) is 58.6 Å². The maximum Gasteiger partial charge on any atom is 0.227 e. The summed E-state index contributed by atoms with van der Waals surface area (Å²) in [7, 11) is 0. The van der Waals surface area contributed by atoms with Gasteiger partial charge in [-0.25, -0.2) is 4.39 Å². The molecule has 0 aliphatic rings. The lowest BCUT2D eigenvalue weighted by molar-refractivity contribution is -0.116. The Hall–Kier alpha value is -2.40. The van der Waals surface area contributed by atoms with Crippen LogP contribution in [0.5, 0.6) is 5.75 Å². The number of halogens is 1. The van der Waals surface area contributed by atoms with E-state index in [-0.39, 0.29) is 31.4 Å². The van der Waals surface area contributed by atoms with Gasteiger partial charge in [-0.2, -0.15) is 0 Å². The lowest BCUT2D eigenvalue weighted by atomic mass is 10.2. The monoisotopic (exact) mass is 289 g/mol. The Morgan fingerprint density at radius 1 is 1.19 bits per heavy atom. The van der Waals surface area contributed by atoms with Gasteiger partial charge in [0.15, 0.2) is 0 Å². The standard InChI is InChI=1S/C16H16FNO3/c17-13-2-1-3-15(10-13)21-9-8-16(20)18-14-6-4-12(11-19)5-7-14/h1-7,10,19H,8-9,11H2,(H,18,20). The molecule has 0 atom stereocenters. The minimum absolute atomic E-state index is 0.0320. The third kappa shape index (κ3) is 4.89. The first-order chi connectivity index (χ1) is 10.2. The van der Waals surface area contributed by atoms with Gasteiger partial charge in [-0.3, -0.25) is 4.79 Å². The van der Waals surface area contributed by atoms with Crippen LogP contribution in [-0.2, 0) is 11.4 Å². The molecule has 0 heterocycles. The Balaban J connectivity index is 1.76. The normalized spacial score (nSPS) is 10.2. The molecule has 110 valence electrons.